The second-order valence-electron chi connectivity index (χ2n) is 8.42. The largest absolute Gasteiger partial charge is 0.497 e. The molecular formula is C27H30N2O2. The number of ether oxygens (including phenoxy) is 1. The Balaban J connectivity index is 1.41. The number of methoxy groups -OCH3 is 1. The van der Waals surface area contributed by atoms with E-state index in [1.54, 1.807) is 7.11 Å². The van der Waals surface area contributed by atoms with E-state index in [-0.39, 0.29) is 5.91 Å². The van der Waals surface area contributed by atoms with Crippen molar-refractivity contribution >= 4 is 5.91 Å². The van der Waals surface area contributed by atoms with Crippen LogP contribution in [0.25, 0.3) is 0 Å². The monoisotopic (exact) mass is 414 g/mol. The van der Waals surface area contributed by atoms with Crippen LogP contribution in [0.1, 0.15) is 46.8 Å². The summed E-state index contributed by atoms with van der Waals surface area (Å²) in [5.74, 6) is 1.29. The maximum absolute atomic E-state index is 12.9. The predicted octanol–water partition coefficient (Wildman–Crippen LogP) is 4.94. The summed E-state index contributed by atoms with van der Waals surface area (Å²) >= 11 is 0. The fourth-order valence-corrected chi connectivity index (χ4v) is 4.33. The molecule has 1 amide bonds. The molecule has 4 heteroatoms. The van der Waals surface area contributed by atoms with E-state index in [2.05, 4.69) is 49.4 Å². The molecule has 1 fully saturated rings. The van der Waals surface area contributed by atoms with Crippen molar-refractivity contribution in [2.75, 3.05) is 20.2 Å². The Labute approximate surface area is 184 Å². The van der Waals surface area contributed by atoms with Gasteiger partial charge < -0.3 is 9.64 Å². The van der Waals surface area contributed by atoms with Gasteiger partial charge in [-0.2, -0.15) is 0 Å². The van der Waals surface area contributed by atoms with Gasteiger partial charge in [-0.3, -0.25) is 9.78 Å². The number of benzene rings is 2. The number of piperidine rings is 1. The Morgan fingerprint density at radius 3 is 2.65 bits per heavy atom. The number of aryl methyl sites for hydroxylation is 1. The highest BCUT2D eigenvalue weighted by Crippen LogP contribution is 2.27. The first-order valence-corrected chi connectivity index (χ1v) is 11.0. The van der Waals surface area contributed by atoms with Crippen LogP contribution in [-0.4, -0.2) is 36.0 Å². The minimum Gasteiger partial charge on any atom is -0.497 e. The topological polar surface area (TPSA) is 42.4 Å². The maximum atomic E-state index is 12.9. The maximum Gasteiger partial charge on any atom is 0.227 e. The second kappa shape index (κ2) is 9.78. The molecule has 1 atom stereocenters. The number of amides is 1. The van der Waals surface area contributed by atoms with Gasteiger partial charge in [-0.25, -0.2) is 0 Å². The molecule has 1 saturated heterocycles. The summed E-state index contributed by atoms with van der Waals surface area (Å²) in [6, 6.07) is 22.7. The molecule has 0 aliphatic carbocycles. The zero-order chi connectivity index (χ0) is 21.6. The van der Waals surface area contributed by atoms with Gasteiger partial charge in [0.05, 0.1) is 13.5 Å². The van der Waals surface area contributed by atoms with E-state index in [0.29, 0.717) is 12.3 Å². The lowest BCUT2D eigenvalue weighted by molar-refractivity contribution is -0.131. The van der Waals surface area contributed by atoms with Crippen LogP contribution in [0.15, 0.2) is 66.7 Å². The van der Waals surface area contributed by atoms with Crippen molar-refractivity contribution in [1.82, 2.24) is 9.88 Å². The zero-order valence-electron chi connectivity index (χ0n) is 18.4. The highest BCUT2D eigenvalue weighted by atomic mass is 16.5. The normalized spacial score (nSPS) is 16.2. The number of carbonyl (C=O) groups excluding carboxylic acids is 1. The van der Waals surface area contributed by atoms with Crippen molar-refractivity contribution < 1.29 is 9.53 Å². The van der Waals surface area contributed by atoms with E-state index in [1.807, 2.05) is 29.2 Å². The number of carbonyl (C=O) groups is 1. The number of hydrogen-bond donors (Lipinski definition) is 0. The molecule has 0 saturated carbocycles. The van der Waals surface area contributed by atoms with E-state index >= 15 is 0 Å². The van der Waals surface area contributed by atoms with E-state index < -0.39 is 0 Å². The molecule has 160 valence electrons. The second-order valence-corrected chi connectivity index (χ2v) is 8.42. The Kier molecular flexibility index (Phi) is 6.66. The van der Waals surface area contributed by atoms with Crippen LogP contribution in [0.5, 0.6) is 5.75 Å². The number of hydrogen-bond acceptors (Lipinski definition) is 3. The lowest BCUT2D eigenvalue weighted by Crippen LogP contribution is -2.40. The van der Waals surface area contributed by atoms with Gasteiger partial charge in [0.2, 0.25) is 5.91 Å². The van der Waals surface area contributed by atoms with Gasteiger partial charge in [-0.05, 0) is 55.2 Å². The van der Waals surface area contributed by atoms with Crippen LogP contribution in [0.3, 0.4) is 0 Å². The molecule has 1 aliphatic heterocycles. The van der Waals surface area contributed by atoms with Gasteiger partial charge in [0.15, 0.2) is 0 Å². The summed E-state index contributed by atoms with van der Waals surface area (Å²) in [4.78, 5) is 19.9. The molecule has 2 heterocycles. The van der Waals surface area contributed by atoms with Crippen molar-refractivity contribution in [3.8, 4) is 5.75 Å². The lowest BCUT2D eigenvalue weighted by Gasteiger charge is -2.32. The summed E-state index contributed by atoms with van der Waals surface area (Å²) in [5.41, 5.74) is 5.76. The van der Waals surface area contributed by atoms with Gasteiger partial charge in [-0.15, -0.1) is 0 Å². The minimum absolute atomic E-state index is 0.186. The SMILES string of the molecule is COc1ccc(CC(=O)N2CCCC(c3cccc(Cc4cccc(C)c4)n3)C2)cc1. The van der Waals surface area contributed by atoms with Crippen LogP contribution >= 0.6 is 0 Å². The Morgan fingerprint density at radius 1 is 1.06 bits per heavy atom. The van der Waals surface area contributed by atoms with E-state index in [0.717, 1.165) is 55.1 Å². The molecular weight excluding hydrogens is 384 g/mol. The molecule has 0 bridgehead atoms. The first-order valence-electron chi connectivity index (χ1n) is 11.0. The standard InChI is InChI=1S/C27H30N2O2/c1-20-6-3-7-22(16-20)17-24-9-4-10-26(28-24)23-8-5-15-29(19-23)27(30)18-21-11-13-25(31-2)14-12-21/h3-4,6-7,9-14,16,23H,5,8,15,17-19H2,1-2H3. The summed E-state index contributed by atoms with van der Waals surface area (Å²) in [7, 11) is 1.65. The highest BCUT2D eigenvalue weighted by molar-refractivity contribution is 5.79. The van der Waals surface area contributed by atoms with Crippen LogP contribution < -0.4 is 4.74 Å². The molecule has 0 N–H and O–H groups in total. The van der Waals surface area contributed by atoms with E-state index in [9.17, 15) is 4.79 Å². The van der Waals surface area contributed by atoms with E-state index in [4.69, 9.17) is 9.72 Å². The fourth-order valence-electron chi connectivity index (χ4n) is 4.33. The third kappa shape index (κ3) is 5.52. The first kappa shape index (κ1) is 21.1. The van der Waals surface area contributed by atoms with Crippen molar-refractivity contribution in [1.29, 1.82) is 0 Å². The first-order chi connectivity index (χ1) is 15.1. The summed E-state index contributed by atoms with van der Waals surface area (Å²) in [6.07, 6.45) is 3.36. The third-order valence-corrected chi connectivity index (χ3v) is 6.00. The molecule has 4 nitrogen and oxygen atoms in total. The average molecular weight is 415 g/mol. The van der Waals surface area contributed by atoms with Gasteiger partial charge in [-0.1, -0.05) is 48.0 Å². The number of rotatable bonds is 6. The van der Waals surface area contributed by atoms with Crippen molar-refractivity contribution in [3.05, 3.63) is 94.8 Å². The van der Waals surface area contributed by atoms with Crippen molar-refractivity contribution in [2.45, 2.75) is 38.5 Å². The molecule has 31 heavy (non-hydrogen) atoms. The third-order valence-electron chi connectivity index (χ3n) is 6.00. The molecule has 0 radical (unpaired) electrons. The Bertz CT molecular complexity index is 1030. The van der Waals surface area contributed by atoms with Gasteiger partial charge >= 0.3 is 0 Å². The number of likely N-dealkylation sites (tertiary alicyclic amines) is 1. The van der Waals surface area contributed by atoms with E-state index in [1.165, 1.54) is 11.1 Å². The summed E-state index contributed by atoms with van der Waals surface area (Å²) in [5, 5.41) is 0. The van der Waals surface area contributed by atoms with Crippen molar-refractivity contribution in [3.63, 3.8) is 0 Å². The summed E-state index contributed by atoms with van der Waals surface area (Å²) in [6.45, 7) is 3.69. The van der Waals surface area contributed by atoms with Gasteiger partial charge in [0.1, 0.15) is 5.75 Å². The molecule has 4 rings (SSSR count). The molecule has 2 aromatic carbocycles. The van der Waals surface area contributed by atoms with Crippen LogP contribution in [0, 0.1) is 6.92 Å². The molecule has 1 aliphatic rings. The van der Waals surface area contributed by atoms with Gasteiger partial charge in [0, 0.05) is 36.8 Å². The van der Waals surface area contributed by atoms with Crippen LogP contribution in [0.2, 0.25) is 0 Å². The van der Waals surface area contributed by atoms with Crippen LogP contribution in [-0.2, 0) is 17.6 Å². The Morgan fingerprint density at radius 2 is 1.87 bits per heavy atom. The highest BCUT2D eigenvalue weighted by Gasteiger charge is 2.25. The summed E-state index contributed by atoms with van der Waals surface area (Å²) < 4.78 is 5.20. The predicted molar refractivity (Wildman–Crippen MR) is 123 cm³/mol. The number of nitrogens with zero attached hydrogens (tertiary/aromatic N) is 2. The minimum atomic E-state index is 0.186. The van der Waals surface area contributed by atoms with Gasteiger partial charge in [0.25, 0.3) is 0 Å². The lowest BCUT2D eigenvalue weighted by atomic mass is 9.93. The van der Waals surface area contributed by atoms with Crippen LogP contribution in [0.4, 0.5) is 0 Å². The smallest absolute Gasteiger partial charge is 0.227 e. The molecule has 1 aromatic heterocycles. The molecule has 1 unspecified atom stereocenters. The molecule has 3 aromatic rings. The fraction of sp³-hybridized carbons (Fsp3) is 0.333. The van der Waals surface area contributed by atoms with Crippen molar-refractivity contribution in [2.24, 2.45) is 0 Å². The molecule has 0 spiro atoms. The Hall–Kier alpha value is -3.14. The number of aromatic nitrogens is 1. The average Bonchev–Trinajstić information content (AvgIpc) is 2.80. The zero-order valence-corrected chi connectivity index (χ0v) is 18.4. The quantitative estimate of drug-likeness (QED) is 0.574. The number of pyridine rings is 1.